The molecule has 0 bridgehead atoms. The Morgan fingerprint density at radius 1 is 0.303 bits per heavy atom. The first-order valence-electron chi connectivity index (χ1n) is 23.2. The molecular formula is C64H54N2. The molecule has 0 heterocycles. The summed E-state index contributed by atoms with van der Waals surface area (Å²) in [6, 6.07) is 75.9. The van der Waals surface area contributed by atoms with Gasteiger partial charge >= 0.3 is 0 Å². The average molecular weight is 851 g/mol. The second kappa shape index (κ2) is 16.1. The molecule has 0 aromatic heterocycles. The van der Waals surface area contributed by atoms with Gasteiger partial charge in [-0.05, 0) is 165 Å². The van der Waals surface area contributed by atoms with E-state index in [1.165, 1.54) is 83.6 Å². The Morgan fingerprint density at radius 3 is 1.11 bits per heavy atom. The van der Waals surface area contributed by atoms with Crippen LogP contribution >= 0.6 is 0 Å². The molecular weight excluding hydrogens is 797 g/mol. The van der Waals surface area contributed by atoms with Crippen LogP contribution in [0.25, 0.3) is 45.5 Å². The topological polar surface area (TPSA) is 6.48 Å². The fourth-order valence-corrected chi connectivity index (χ4v) is 10.7. The number of hydrogen-bond acceptors (Lipinski definition) is 2. The van der Waals surface area contributed by atoms with Crippen LogP contribution in [-0.4, -0.2) is 0 Å². The van der Waals surface area contributed by atoms with Gasteiger partial charge in [0.25, 0.3) is 0 Å². The van der Waals surface area contributed by atoms with Crippen LogP contribution in [-0.2, 0) is 10.8 Å². The largest absolute Gasteiger partial charge is 0.310 e. The Morgan fingerprint density at radius 2 is 0.652 bits per heavy atom. The Bertz CT molecular complexity index is 3240. The van der Waals surface area contributed by atoms with Gasteiger partial charge in [-0.2, -0.15) is 0 Å². The summed E-state index contributed by atoms with van der Waals surface area (Å²) in [7, 11) is 0. The van der Waals surface area contributed by atoms with E-state index in [1.54, 1.807) is 0 Å². The number of rotatable bonds is 9. The number of para-hydroxylation sites is 2. The van der Waals surface area contributed by atoms with E-state index < -0.39 is 0 Å². The van der Waals surface area contributed by atoms with Crippen molar-refractivity contribution in [1.82, 2.24) is 0 Å². The smallest absolute Gasteiger partial charge is 0.0466 e. The Balaban J connectivity index is 0.885. The minimum Gasteiger partial charge on any atom is -0.310 e. The fourth-order valence-electron chi connectivity index (χ4n) is 10.7. The minimum absolute atomic E-state index is 0.162. The van der Waals surface area contributed by atoms with Gasteiger partial charge in [0.05, 0.1) is 0 Å². The summed E-state index contributed by atoms with van der Waals surface area (Å²) in [5.41, 5.74) is 24.6. The maximum Gasteiger partial charge on any atom is 0.0466 e. The average Bonchev–Trinajstić information content (AvgIpc) is 3.70. The molecule has 0 atom stereocenters. The molecule has 2 nitrogen and oxygen atoms in total. The van der Waals surface area contributed by atoms with Crippen molar-refractivity contribution in [2.45, 2.75) is 52.4 Å². The Kier molecular flexibility index (Phi) is 10.0. The van der Waals surface area contributed by atoms with Crippen molar-refractivity contribution in [3.05, 3.63) is 251 Å². The van der Waals surface area contributed by atoms with Gasteiger partial charge in [-0.15, -0.1) is 0 Å². The molecule has 66 heavy (non-hydrogen) atoms. The van der Waals surface area contributed by atoms with Gasteiger partial charge in [-0.1, -0.05) is 173 Å². The molecule has 2 aliphatic carbocycles. The van der Waals surface area contributed by atoms with Crippen LogP contribution in [0.2, 0.25) is 0 Å². The lowest BCUT2D eigenvalue weighted by molar-refractivity contribution is 0.660. The molecule has 0 saturated heterocycles. The summed E-state index contributed by atoms with van der Waals surface area (Å²) in [5.74, 6) is 0. The van der Waals surface area contributed by atoms with Crippen molar-refractivity contribution in [2.75, 3.05) is 9.80 Å². The van der Waals surface area contributed by atoms with Gasteiger partial charge in [-0.3, -0.25) is 0 Å². The van der Waals surface area contributed by atoms with Gasteiger partial charge in [0.2, 0.25) is 0 Å². The van der Waals surface area contributed by atoms with Gasteiger partial charge in [0.15, 0.2) is 0 Å². The number of anilines is 6. The monoisotopic (exact) mass is 850 g/mol. The van der Waals surface area contributed by atoms with Crippen LogP contribution in [0.5, 0.6) is 0 Å². The van der Waals surface area contributed by atoms with E-state index in [0.717, 1.165) is 28.4 Å². The molecule has 9 aromatic rings. The van der Waals surface area contributed by atoms with Gasteiger partial charge in [0, 0.05) is 45.0 Å². The van der Waals surface area contributed by atoms with Gasteiger partial charge < -0.3 is 9.80 Å². The van der Waals surface area contributed by atoms with Crippen molar-refractivity contribution in [3.8, 4) is 33.4 Å². The Labute approximate surface area is 390 Å². The first kappa shape index (κ1) is 41.1. The zero-order chi connectivity index (χ0) is 45.2. The lowest BCUT2D eigenvalue weighted by Gasteiger charge is -2.29. The zero-order valence-corrected chi connectivity index (χ0v) is 38.7. The summed E-state index contributed by atoms with van der Waals surface area (Å²) < 4.78 is 0. The van der Waals surface area contributed by atoms with Crippen LogP contribution in [0.1, 0.15) is 72.2 Å². The standard InChI is InChI=1S/C64H54N2/c1-43-36-44(2)38-54(37-43)66(51-28-26-48(27-29-51)47-16-10-7-11-17-47)53-31-35-58-56-33-25-46(40-60(56)64(5,6)62(58)42-53)23-22-45-24-32-55-57-34-30-52(41-61(57)63(3,4)59(55)39-45)65(49-18-12-8-13-19-49)50-20-14-9-15-21-50/h7-42H,1-6H3/b23-22+. The molecule has 11 rings (SSSR count). The third kappa shape index (κ3) is 7.14. The number of nitrogens with zero attached hydrogens (tertiary/aromatic N) is 2. The summed E-state index contributed by atoms with van der Waals surface area (Å²) in [4.78, 5) is 4.78. The fraction of sp³-hybridized carbons (Fsp3) is 0.125. The van der Waals surface area contributed by atoms with E-state index in [1.807, 2.05) is 0 Å². The summed E-state index contributed by atoms with van der Waals surface area (Å²) in [6.07, 6.45) is 4.58. The van der Waals surface area contributed by atoms with Crippen molar-refractivity contribution in [2.24, 2.45) is 0 Å². The van der Waals surface area contributed by atoms with Crippen LogP contribution in [0.15, 0.2) is 206 Å². The van der Waals surface area contributed by atoms with Crippen molar-refractivity contribution < 1.29 is 0 Å². The van der Waals surface area contributed by atoms with Crippen LogP contribution in [0.3, 0.4) is 0 Å². The highest BCUT2D eigenvalue weighted by Gasteiger charge is 2.37. The quantitative estimate of drug-likeness (QED) is 0.134. The highest BCUT2D eigenvalue weighted by atomic mass is 15.1. The van der Waals surface area contributed by atoms with Crippen LogP contribution in [0.4, 0.5) is 34.1 Å². The Hall–Kier alpha value is -7.68. The second-order valence-corrected chi connectivity index (χ2v) is 19.3. The number of hydrogen-bond donors (Lipinski definition) is 0. The molecule has 2 heteroatoms. The van der Waals surface area contributed by atoms with E-state index in [4.69, 9.17) is 0 Å². The molecule has 0 amide bonds. The SMILES string of the molecule is Cc1cc(C)cc(N(c2ccc(-c3ccccc3)cc2)c2ccc3c(c2)C(C)(C)c2cc(/C=C/c4ccc5c(c4)C(C)(C)c4cc(N(c6ccccc6)c6ccccc6)ccc4-5)ccc2-3)c1. The summed E-state index contributed by atoms with van der Waals surface area (Å²) in [5, 5.41) is 0. The highest BCUT2D eigenvalue weighted by Crippen LogP contribution is 2.53. The van der Waals surface area contributed by atoms with Crippen LogP contribution in [0, 0.1) is 13.8 Å². The highest BCUT2D eigenvalue weighted by molar-refractivity contribution is 5.89. The van der Waals surface area contributed by atoms with Crippen LogP contribution < -0.4 is 9.80 Å². The third-order valence-electron chi connectivity index (χ3n) is 14.1. The predicted octanol–water partition coefficient (Wildman–Crippen LogP) is 17.7. The first-order chi connectivity index (χ1) is 32.0. The molecule has 0 saturated carbocycles. The van der Waals surface area contributed by atoms with Crippen molar-refractivity contribution >= 4 is 46.3 Å². The number of fused-ring (bicyclic) bond motifs is 6. The maximum atomic E-state index is 2.43. The predicted molar refractivity (Wildman–Crippen MR) is 281 cm³/mol. The molecule has 0 spiro atoms. The zero-order valence-electron chi connectivity index (χ0n) is 38.7. The van der Waals surface area contributed by atoms with E-state index >= 15 is 0 Å². The van der Waals surface area contributed by atoms with Crippen molar-refractivity contribution in [3.63, 3.8) is 0 Å². The molecule has 0 aliphatic heterocycles. The van der Waals surface area contributed by atoms with Gasteiger partial charge in [0.1, 0.15) is 0 Å². The molecule has 320 valence electrons. The molecule has 0 radical (unpaired) electrons. The molecule has 0 unspecified atom stereocenters. The van der Waals surface area contributed by atoms with Crippen molar-refractivity contribution in [1.29, 1.82) is 0 Å². The lowest BCUT2D eigenvalue weighted by atomic mass is 9.81. The second-order valence-electron chi connectivity index (χ2n) is 19.3. The number of aryl methyl sites for hydroxylation is 2. The lowest BCUT2D eigenvalue weighted by Crippen LogP contribution is -2.17. The van der Waals surface area contributed by atoms with E-state index in [9.17, 15) is 0 Å². The first-order valence-corrected chi connectivity index (χ1v) is 23.2. The molecule has 9 aromatic carbocycles. The minimum atomic E-state index is -0.186. The summed E-state index contributed by atoms with van der Waals surface area (Å²) in [6.45, 7) is 13.9. The maximum absolute atomic E-state index is 2.43. The summed E-state index contributed by atoms with van der Waals surface area (Å²) >= 11 is 0. The molecule has 0 N–H and O–H groups in total. The van der Waals surface area contributed by atoms with E-state index in [2.05, 4.69) is 270 Å². The number of benzene rings is 9. The molecule has 2 aliphatic rings. The molecule has 0 fully saturated rings. The van der Waals surface area contributed by atoms with E-state index in [0.29, 0.717) is 0 Å². The normalized spacial score (nSPS) is 13.8. The van der Waals surface area contributed by atoms with E-state index in [-0.39, 0.29) is 10.8 Å². The van der Waals surface area contributed by atoms with Gasteiger partial charge in [-0.25, -0.2) is 0 Å². The third-order valence-corrected chi connectivity index (χ3v) is 14.1.